The van der Waals surface area contributed by atoms with Crippen LogP contribution in [0.4, 0.5) is 0 Å². The predicted octanol–water partition coefficient (Wildman–Crippen LogP) is 6.31. The second-order valence-electron chi connectivity index (χ2n) is 9.61. The number of allylic oxidation sites excluding steroid dienone is 2. The highest BCUT2D eigenvalue weighted by atomic mass is 35.5. The Morgan fingerprint density at radius 3 is 2.69 bits per heavy atom. The highest BCUT2D eigenvalue weighted by Crippen LogP contribution is 2.33. The molecule has 0 fully saturated rings. The van der Waals surface area contributed by atoms with Gasteiger partial charge in [-0.1, -0.05) is 57.2 Å². The van der Waals surface area contributed by atoms with E-state index in [2.05, 4.69) is 27.8 Å². The lowest BCUT2D eigenvalue weighted by Crippen LogP contribution is -2.36. The predicted molar refractivity (Wildman–Crippen MR) is 148 cm³/mol. The van der Waals surface area contributed by atoms with Gasteiger partial charge in [-0.05, 0) is 37.1 Å². The number of rotatable bonds is 10. The second kappa shape index (κ2) is 11.6. The molecule has 0 aliphatic rings. The van der Waals surface area contributed by atoms with Crippen molar-refractivity contribution in [3.05, 3.63) is 82.8 Å². The molecule has 0 atom stereocenters. The molecule has 2 heterocycles. The monoisotopic (exact) mass is 506 g/mol. The number of nitrogens with zero attached hydrogens (tertiary/aromatic N) is 3. The van der Waals surface area contributed by atoms with E-state index in [0.29, 0.717) is 17.3 Å². The molecule has 0 saturated heterocycles. The van der Waals surface area contributed by atoms with Gasteiger partial charge in [-0.25, -0.2) is 4.98 Å². The van der Waals surface area contributed by atoms with Crippen LogP contribution in [0.1, 0.15) is 49.6 Å². The third-order valence-electron chi connectivity index (χ3n) is 6.37. The smallest absolute Gasteiger partial charge is 0.225 e. The molecule has 0 radical (unpaired) electrons. The lowest BCUT2D eigenvalue weighted by Gasteiger charge is -2.22. The largest absolute Gasteiger partial charge is 0.487 e. The molecule has 3 rings (SSSR count). The van der Waals surface area contributed by atoms with Crippen LogP contribution in [0.2, 0.25) is 5.02 Å². The Hall–Kier alpha value is -3.38. The summed E-state index contributed by atoms with van der Waals surface area (Å²) < 4.78 is 6.29. The summed E-state index contributed by atoms with van der Waals surface area (Å²) in [4.78, 5) is 23.7. The van der Waals surface area contributed by atoms with E-state index in [1.54, 1.807) is 18.5 Å². The van der Waals surface area contributed by atoms with Crippen molar-refractivity contribution in [1.82, 2.24) is 20.2 Å². The summed E-state index contributed by atoms with van der Waals surface area (Å²) in [6.45, 7) is 12.2. The third kappa shape index (κ3) is 6.05. The molecule has 0 aliphatic carbocycles. The van der Waals surface area contributed by atoms with Gasteiger partial charge >= 0.3 is 0 Å². The molecule has 0 spiro atoms. The molecule has 190 valence electrons. The number of hydrogen-bond donors (Lipinski definition) is 1. The first kappa shape index (κ1) is 27.2. The van der Waals surface area contributed by atoms with E-state index in [1.807, 2.05) is 66.1 Å². The maximum atomic E-state index is 12.6. The van der Waals surface area contributed by atoms with E-state index in [-0.39, 0.29) is 12.5 Å². The molecule has 36 heavy (non-hydrogen) atoms. The number of benzene rings is 1. The van der Waals surface area contributed by atoms with E-state index in [4.69, 9.17) is 21.3 Å². The minimum absolute atomic E-state index is 0.0117. The minimum Gasteiger partial charge on any atom is -0.487 e. The lowest BCUT2D eigenvalue weighted by atomic mass is 9.89. The number of carbonyl (C=O) groups is 1. The molecule has 6 nitrogen and oxygen atoms in total. The first-order valence-electron chi connectivity index (χ1n) is 12.0. The van der Waals surface area contributed by atoms with Crippen molar-refractivity contribution in [3.8, 4) is 5.75 Å². The summed E-state index contributed by atoms with van der Waals surface area (Å²) >= 11 is 6.51. The van der Waals surface area contributed by atoms with Crippen molar-refractivity contribution >= 4 is 34.1 Å². The van der Waals surface area contributed by atoms with Gasteiger partial charge in [0.25, 0.3) is 0 Å². The molecule has 0 saturated carbocycles. The number of hydrogen-bond acceptors (Lipinski definition) is 5. The van der Waals surface area contributed by atoms with E-state index in [1.165, 1.54) is 0 Å². The van der Waals surface area contributed by atoms with Gasteiger partial charge in [-0.2, -0.15) is 0 Å². The van der Waals surface area contributed by atoms with E-state index in [0.717, 1.165) is 45.4 Å². The Balaban J connectivity index is 1.94. The standard InChI is InChI=1S/C29H35ClN4O2/c1-8-11-25(34(6)7)22-14-19(3)33-27-21(22)12-10-13-26(27)36-18-23-20(15-31-17-24(23)30)16-32-28(35)29(4,5)9-2/h8,10-15,17H,1,9,16,18H2,2-7H3,(H,32,35)/b25-11-. The summed E-state index contributed by atoms with van der Waals surface area (Å²) in [7, 11) is 4.01. The molecule has 3 aromatic rings. The highest BCUT2D eigenvalue weighted by Gasteiger charge is 2.25. The van der Waals surface area contributed by atoms with Crippen LogP contribution in [0.15, 0.2) is 55.4 Å². The fourth-order valence-corrected chi connectivity index (χ4v) is 4.04. The van der Waals surface area contributed by atoms with Gasteiger partial charge in [0.15, 0.2) is 0 Å². The molecule has 7 heteroatoms. The Morgan fingerprint density at radius 1 is 1.28 bits per heavy atom. The Morgan fingerprint density at radius 2 is 2.03 bits per heavy atom. The molecular formula is C29H35ClN4O2. The topological polar surface area (TPSA) is 67.4 Å². The fourth-order valence-electron chi connectivity index (χ4n) is 3.81. The van der Waals surface area contributed by atoms with E-state index >= 15 is 0 Å². The van der Waals surface area contributed by atoms with Crippen molar-refractivity contribution < 1.29 is 9.53 Å². The second-order valence-corrected chi connectivity index (χ2v) is 10.0. The zero-order chi connectivity index (χ0) is 26.5. The molecular weight excluding hydrogens is 472 g/mol. The maximum Gasteiger partial charge on any atom is 0.225 e. The van der Waals surface area contributed by atoms with Crippen molar-refractivity contribution in [1.29, 1.82) is 0 Å². The number of para-hydroxylation sites is 1. The van der Waals surface area contributed by atoms with Crippen LogP contribution in [0, 0.1) is 12.3 Å². The number of fused-ring (bicyclic) bond motifs is 1. The average Bonchev–Trinajstić information content (AvgIpc) is 2.84. The fraction of sp³-hybridized carbons (Fsp3) is 0.345. The van der Waals surface area contributed by atoms with Gasteiger partial charge in [0.05, 0.1) is 5.02 Å². The molecule has 1 amide bonds. The van der Waals surface area contributed by atoms with Crippen LogP contribution in [-0.2, 0) is 17.9 Å². The summed E-state index contributed by atoms with van der Waals surface area (Å²) in [5.74, 6) is 0.645. The summed E-state index contributed by atoms with van der Waals surface area (Å²) in [5, 5.41) is 4.48. The van der Waals surface area contributed by atoms with Crippen LogP contribution in [0.25, 0.3) is 16.6 Å². The van der Waals surface area contributed by atoms with Gasteiger partial charge in [0.2, 0.25) is 5.91 Å². The van der Waals surface area contributed by atoms with Crippen LogP contribution >= 0.6 is 11.6 Å². The van der Waals surface area contributed by atoms with Crippen LogP contribution in [0.5, 0.6) is 5.75 Å². The first-order valence-corrected chi connectivity index (χ1v) is 12.4. The molecule has 0 aliphatic heterocycles. The number of aryl methyl sites for hydroxylation is 1. The molecule has 0 unspecified atom stereocenters. The molecule has 0 bridgehead atoms. The van der Waals surface area contributed by atoms with Gasteiger partial charge in [0.1, 0.15) is 17.9 Å². The third-order valence-corrected chi connectivity index (χ3v) is 6.69. The van der Waals surface area contributed by atoms with E-state index in [9.17, 15) is 4.79 Å². The van der Waals surface area contributed by atoms with Crippen molar-refractivity contribution in [2.45, 2.75) is 47.3 Å². The zero-order valence-electron chi connectivity index (χ0n) is 22.0. The highest BCUT2D eigenvalue weighted by molar-refractivity contribution is 6.31. The van der Waals surface area contributed by atoms with Gasteiger partial charge in [0, 0.05) is 66.4 Å². The van der Waals surface area contributed by atoms with Gasteiger partial charge in [-0.3, -0.25) is 9.78 Å². The zero-order valence-corrected chi connectivity index (χ0v) is 22.7. The number of amides is 1. The van der Waals surface area contributed by atoms with Crippen LogP contribution in [-0.4, -0.2) is 34.9 Å². The number of aromatic nitrogens is 2. The van der Waals surface area contributed by atoms with Crippen LogP contribution in [0.3, 0.4) is 0 Å². The molecule has 1 N–H and O–H groups in total. The van der Waals surface area contributed by atoms with Gasteiger partial charge < -0.3 is 15.0 Å². The average molecular weight is 507 g/mol. The van der Waals surface area contributed by atoms with Gasteiger partial charge in [-0.15, -0.1) is 0 Å². The quantitative estimate of drug-likeness (QED) is 0.326. The number of halogens is 1. The lowest BCUT2D eigenvalue weighted by molar-refractivity contribution is -0.129. The summed E-state index contributed by atoms with van der Waals surface area (Å²) in [5.41, 5.74) is 4.89. The number of carbonyl (C=O) groups excluding carboxylic acids is 1. The Bertz CT molecular complexity index is 1300. The van der Waals surface area contributed by atoms with E-state index < -0.39 is 5.41 Å². The summed E-state index contributed by atoms with van der Waals surface area (Å²) in [6.07, 6.45) is 7.82. The number of pyridine rings is 2. The number of nitrogens with one attached hydrogen (secondary N) is 1. The minimum atomic E-state index is -0.446. The van der Waals surface area contributed by atoms with Crippen molar-refractivity contribution in [2.24, 2.45) is 5.41 Å². The normalized spacial score (nSPS) is 11.9. The SMILES string of the molecule is C=C/C=C(/c1cc(C)nc2c(OCc3c(Cl)cncc3CNC(=O)C(C)(C)CC)cccc12)N(C)C. The molecule has 2 aromatic heterocycles. The van der Waals surface area contributed by atoms with Crippen LogP contribution < -0.4 is 10.1 Å². The maximum absolute atomic E-state index is 12.6. The molecule has 1 aromatic carbocycles. The Labute approximate surface area is 219 Å². The Kier molecular flexibility index (Phi) is 8.75. The van der Waals surface area contributed by atoms with Crippen molar-refractivity contribution in [3.63, 3.8) is 0 Å². The van der Waals surface area contributed by atoms with Crippen molar-refractivity contribution in [2.75, 3.05) is 14.1 Å². The summed E-state index contributed by atoms with van der Waals surface area (Å²) in [6, 6.07) is 7.98. The first-order chi connectivity index (χ1) is 17.1. The number of ether oxygens (including phenoxy) is 1.